The molecule has 0 saturated carbocycles. The molecule has 2 aromatic rings. The van der Waals surface area contributed by atoms with Crippen molar-refractivity contribution in [3.05, 3.63) is 58.1 Å². The lowest BCUT2D eigenvalue weighted by molar-refractivity contribution is 0.289. The molecule has 2 aromatic carbocycles. The molecule has 0 aliphatic heterocycles. The van der Waals surface area contributed by atoms with E-state index >= 15 is 0 Å². The second kappa shape index (κ2) is 5.91. The first-order valence-corrected chi connectivity index (χ1v) is 6.68. The van der Waals surface area contributed by atoms with Crippen LogP contribution >= 0.6 is 15.9 Å². The standard InChI is InChI=1S/C15H15BrO2/c1-2-12-9-11(7-8-13(12)16)10-18-15-6-4-3-5-14(15)17/h3-9,17H,2,10H2,1H3. The molecule has 0 heterocycles. The smallest absolute Gasteiger partial charge is 0.161 e. The SMILES string of the molecule is CCc1cc(COc2ccccc2O)ccc1Br. The van der Waals surface area contributed by atoms with Gasteiger partial charge in [-0.05, 0) is 35.7 Å². The van der Waals surface area contributed by atoms with Gasteiger partial charge in [0.25, 0.3) is 0 Å². The summed E-state index contributed by atoms with van der Waals surface area (Å²) in [5.41, 5.74) is 2.35. The van der Waals surface area contributed by atoms with Crippen molar-refractivity contribution >= 4 is 15.9 Å². The number of rotatable bonds is 4. The van der Waals surface area contributed by atoms with Crippen molar-refractivity contribution in [1.82, 2.24) is 0 Å². The van der Waals surface area contributed by atoms with Crippen LogP contribution in [0.1, 0.15) is 18.1 Å². The zero-order valence-corrected chi connectivity index (χ0v) is 11.8. The Morgan fingerprint density at radius 3 is 2.67 bits per heavy atom. The molecule has 2 rings (SSSR count). The fraction of sp³-hybridized carbons (Fsp3) is 0.200. The molecule has 3 heteroatoms. The molecule has 18 heavy (non-hydrogen) atoms. The van der Waals surface area contributed by atoms with E-state index in [1.807, 2.05) is 18.2 Å². The van der Waals surface area contributed by atoms with Gasteiger partial charge in [0, 0.05) is 4.47 Å². The molecule has 0 radical (unpaired) electrons. The van der Waals surface area contributed by atoms with Gasteiger partial charge in [-0.2, -0.15) is 0 Å². The first-order valence-electron chi connectivity index (χ1n) is 5.88. The molecule has 0 spiro atoms. The fourth-order valence-electron chi connectivity index (χ4n) is 1.73. The Bertz CT molecular complexity index is 538. The topological polar surface area (TPSA) is 29.5 Å². The first-order chi connectivity index (χ1) is 8.70. The number of hydrogen-bond acceptors (Lipinski definition) is 2. The van der Waals surface area contributed by atoms with Crippen LogP contribution in [-0.4, -0.2) is 5.11 Å². The van der Waals surface area contributed by atoms with Crippen molar-refractivity contribution in [2.45, 2.75) is 20.0 Å². The Hall–Kier alpha value is -1.48. The van der Waals surface area contributed by atoms with E-state index < -0.39 is 0 Å². The predicted octanol–water partition coefficient (Wildman–Crippen LogP) is 4.30. The van der Waals surface area contributed by atoms with Gasteiger partial charge < -0.3 is 9.84 Å². The summed E-state index contributed by atoms with van der Waals surface area (Å²) in [5.74, 6) is 0.684. The monoisotopic (exact) mass is 306 g/mol. The minimum Gasteiger partial charge on any atom is -0.504 e. The highest BCUT2D eigenvalue weighted by Crippen LogP contribution is 2.26. The van der Waals surface area contributed by atoms with Crippen LogP contribution in [0.3, 0.4) is 0 Å². The number of phenols is 1. The average Bonchev–Trinajstić information content (AvgIpc) is 2.39. The Kier molecular flexibility index (Phi) is 4.26. The molecule has 1 N–H and O–H groups in total. The van der Waals surface area contributed by atoms with Gasteiger partial charge in [-0.1, -0.05) is 47.1 Å². The van der Waals surface area contributed by atoms with Gasteiger partial charge >= 0.3 is 0 Å². The van der Waals surface area contributed by atoms with Crippen molar-refractivity contribution in [2.24, 2.45) is 0 Å². The van der Waals surface area contributed by atoms with E-state index in [0.717, 1.165) is 16.5 Å². The highest BCUT2D eigenvalue weighted by atomic mass is 79.9. The Balaban J connectivity index is 2.09. The Morgan fingerprint density at radius 2 is 1.94 bits per heavy atom. The molecule has 0 atom stereocenters. The number of aryl methyl sites for hydroxylation is 1. The van der Waals surface area contributed by atoms with Crippen LogP contribution in [0, 0.1) is 0 Å². The Morgan fingerprint density at radius 1 is 1.17 bits per heavy atom. The molecular weight excluding hydrogens is 292 g/mol. The van der Waals surface area contributed by atoms with Gasteiger partial charge in [-0.15, -0.1) is 0 Å². The van der Waals surface area contributed by atoms with Crippen LogP contribution in [0.15, 0.2) is 46.9 Å². The predicted molar refractivity (Wildman–Crippen MR) is 76.0 cm³/mol. The summed E-state index contributed by atoms with van der Waals surface area (Å²) < 4.78 is 6.72. The molecule has 0 aliphatic carbocycles. The maximum Gasteiger partial charge on any atom is 0.161 e. The van der Waals surface area contributed by atoms with Gasteiger partial charge in [0.15, 0.2) is 11.5 Å². The number of ether oxygens (including phenoxy) is 1. The number of phenolic OH excluding ortho intramolecular Hbond substituents is 1. The first kappa shape index (κ1) is 13.0. The van der Waals surface area contributed by atoms with Crippen molar-refractivity contribution in [3.8, 4) is 11.5 Å². The summed E-state index contributed by atoms with van der Waals surface area (Å²) >= 11 is 3.52. The van der Waals surface area contributed by atoms with Gasteiger partial charge in [0.05, 0.1) is 0 Å². The lowest BCUT2D eigenvalue weighted by Gasteiger charge is -2.09. The van der Waals surface area contributed by atoms with Crippen LogP contribution in [0.25, 0.3) is 0 Å². The van der Waals surface area contributed by atoms with Crippen LogP contribution in [-0.2, 0) is 13.0 Å². The molecular formula is C15H15BrO2. The second-order valence-electron chi connectivity index (χ2n) is 4.04. The van der Waals surface area contributed by atoms with E-state index in [1.54, 1.807) is 18.2 Å². The third kappa shape index (κ3) is 3.05. The van der Waals surface area contributed by atoms with E-state index in [9.17, 15) is 5.11 Å². The van der Waals surface area contributed by atoms with E-state index in [1.165, 1.54) is 5.56 Å². The number of para-hydroxylation sites is 2. The average molecular weight is 307 g/mol. The number of benzene rings is 2. The summed E-state index contributed by atoms with van der Waals surface area (Å²) in [4.78, 5) is 0. The summed E-state index contributed by atoms with van der Waals surface area (Å²) in [6, 6.07) is 13.2. The third-order valence-corrected chi connectivity index (χ3v) is 3.52. The quantitative estimate of drug-likeness (QED) is 0.912. The van der Waals surface area contributed by atoms with Crippen molar-refractivity contribution in [2.75, 3.05) is 0 Å². The lowest BCUT2D eigenvalue weighted by atomic mass is 10.1. The molecule has 0 bridgehead atoms. The summed E-state index contributed by atoms with van der Waals surface area (Å²) in [6.45, 7) is 2.58. The zero-order chi connectivity index (χ0) is 13.0. The lowest BCUT2D eigenvalue weighted by Crippen LogP contribution is -1.97. The van der Waals surface area contributed by atoms with Crippen LogP contribution in [0.2, 0.25) is 0 Å². The van der Waals surface area contributed by atoms with Crippen LogP contribution in [0.4, 0.5) is 0 Å². The van der Waals surface area contributed by atoms with Crippen molar-refractivity contribution < 1.29 is 9.84 Å². The second-order valence-corrected chi connectivity index (χ2v) is 4.89. The van der Waals surface area contributed by atoms with E-state index in [0.29, 0.717) is 12.4 Å². The molecule has 0 unspecified atom stereocenters. The summed E-state index contributed by atoms with van der Waals surface area (Å²) in [6.07, 6.45) is 0.977. The summed E-state index contributed by atoms with van der Waals surface area (Å²) in [5, 5.41) is 9.60. The minimum atomic E-state index is 0.172. The van der Waals surface area contributed by atoms with Gasteiger partial charge in [0.1, 0.15) is 6.61 Å². The molecule has 0 saturated heterocycles. The molecule has 0 aliphatic rings. The zero-order valence-electron chi connectivity index (χ0n) is 10.2. The maximum absolute atomic E-state index is 9.60. The number of halogens is 1. The van der Waals surface area contributed by atoms with Crippen molar-refractivity contribution in [1.29, 1.82) is 0 Å². The van der Waals surface area contributed by atoms with E-state index in [4.69, 9.17) is 4.74 Å². The van der Waals surface area contributed by atoms with Crippen LogP contribution in [0.5, 0.6) is 11.5 Å². The molecule has 0 amide bonds. The molecule has 0 fully saturated rings. The number of hydrogen-bond donors (Lipinski definition) is 1. The minimum absolute atomic E-state index is 0.172. The third-order valence-electron chi connectivity index (χ3n) is 2.75. The van der Waals surface area contributed by atoms with Gasteiger partial charge in [-0.3, -0.25) is 0 Å². The molecule has 2 nitrogen and oxygen atoms in total. The highest BCUT2D eigenvalue weighted by Gasteiger charge is 2.03. The largest absolute Gasteiger partial charge is 0.504 e. The maximum atomic E-state index is 9.60. The van der Waals surface area contributed by atoms with Crippen LogP contribution < -0.4 is 4.74 Å². The van der Waals surface area contributed by atoms with E-state index in [-0.39, 0.29) is 5.75 Å². The molecule has 94 valence electrons. The number of aromatic hydroxyl groups is 1. The van der Waals surface area contributed by atoms with Gasteiger partial charge in [0.2, 0.25) is 0 Å². The van der Waals surface area contributed by atoms with Gasteiger partial charge in [-0.25, -0.2) is 0 Å². The summed E-state index contributed by atoms with van der Waals surface area (Å²) in [7, 11) is 0. The van der Waals surface area contributed by atoms with Crippen molar-refractivity contribution in [3.63, 3.8) is 0 Å². The fourth-order valence-corrected chi connectivity index (χ4v) is 2.26. The Labute approximate surface area is 115 Å². The highest BCUT2D eigenvalue weighted by molar-refractivity contribution is 9.10. The molecule has 0 aromatic heterocycles. The van der Waals surface area contributed by atoms with E-state index in [2.05, 4.69) is 28.9 Å². The normalized spacial score (nSPS) is 10.3.